The van der Waals surface area contributed by atoms with Crippen LogP contribution in [0.3, 0.4) is 0 Å². The summed E-state index contributed by atoms with van der Waals surface area (Å²) in [6.07, 6.45) is 28.3. The van der Waals surface area contributed by atoms with E-state index in [1.165, 1.54) is 135 Å². The summed E-state index contributed by atoms with van der Waals surface area (Å²) in [6, 6.07) is -1.34. The molecule has 1 saturated heterocycles. The molecule has 62 heavy (non-hydrogen) atoms. The Labute approximate surface area is 377 Å². The Kier molecular flexibility index (Phi) is 38.1. The Hall–Kier alpha value is -1.19. The molecule has 0 aromatic heterocycles. The highest BCUT2D eigenvalue weighted by Gasteiger charge is 2.45. The van der Waals surface area contributed by atoms with Gasteiger partial charge in [0.15, 0.2) is 6.29 Å². The summed E-state index contributed by atoms with van der Waals surface area (Å²) in [5.41, 5.74) is 0. The quantitative estimate of drug-likeness (QED) is 0.0211. The zero-order valence-corrected chi connectivity index (χ0v) is 39.5. The standard InChI is InChI=1S/C50H97NO11/c1-3-5-7-9-11-13-15-16-17-18-19-20-21-22-23-24-25-27-28-30-32-34-36-41(53)45(56)44(55)40(39-61-50-48(59)47(58)46(57)43(38-52)62-50)51-49(60)42(54)37-35-33-31-29-26-14-12-10-8-6-4-2/h12,14,40-48,50,52-59H,3-11,13,15-39H2,1-2H3,(H,51,60)/b14-12+/t40-,41+,42+,43+,44+,45+,46-,47+,48-,50+/m0/s1. The van der Waals surface area contributed by atoms with Crippen LogP contribution in [-0.4, -0.2) is 121 Å². The van der Waals surface area contributed by atoms with Crippen molar-refractivity contribution in [1.82, 2.24) is 5.32 Å². The maximum Gasteiger partial charge on any atom is 0.249 e. The Morgan fingerprint density at radius 2 is 0.952 bits per heavy atom. The van der Waals surface area contributed by atoms with Crippen LogP contribution in [-0.2, 0) is 14.3 Å². The molecule has 1 heterocycles. The van der Waals surface area contributed by atoms with E-state index in [1.807, 2.05) is 0 Å². The highest BCUT2D eigenvalue weighted by atomic mass is 16.7. The number of hydrogen-bond donors (Lipinski definition) is 9. The molecular weight excluding hydrogens is 791 g/mol. The SMILES string of the molecule is CCCCC/C=C/CCCCCC[C@@H](O)C(=O)N[C@@H](CO[C@@H]1O[C@H](CO)[C@H](O)[C@@H](O)[C@@H]1O)[C@@H](O)[C@H](O)[C@H](O)CCCCCCCCCCCCCCCCCCCCCCCC. The molecule has 10 atom stereocenters. The second-order valence-corrected chi connectivity index (χ2v) is 18.4. The molecule has 1 aliphatic rings. The molecular formula is C50H97NO11. The van der Waals surface area contributed by atoms with E-state index < -0.39 is 80.3 Å². The van der Waals surface area contributed by atoms with E-state index in [4.69, 9.17) is 9.47 Å². The first-order valence-corrected chi connectivity index (χ1v) is 25.7. The summed E-state index contributed by atoms with van der Waals surface area (Å²) in [5.74, 6) is -0.789. The van der Waals surface area contributed by atoms with Crippen molar-refractivity contribution in [1.29, 1.82) is 0 Å². The lowest BCUT2D eigenvalue weighted by Crippen LogP contribution is -2.61. The molecule has 0 spiro atoms. The predicted molar refractivity (Wildman–Crippen MR) is 249 cm³/mol. The molecule has 0 saturated carbocycles. The topological polar surface area (TPSA) is 209 Å². The second kappa shape index (κ2) is 40.1. The van der Waals surface area contributed by atoms with Gasteiger partial charge in [0.1, 0.15) is 42.7 Å². The van der Waals surface area contributed by atoms with Crippen molar-refractivity contribution in [2.24, 2.45) is 0 Å². The zero-order chi connectivity index (χ0) is 45.6. The number of aliphatic hydroxyl groups excluding tert-OH is 8. The first-order chi connectivity index (χ1) is 30.1. The predicted octanol–water partition coefficient (Wildman–Crippen LogP) is 8.20. The molecule has 0 aromatic carbocycles. The van der Waals surface area contributed by atoms with Crippen LogP contribution in [0.15, 0.2) is 12.2 Å². The van der Waals surface area contributed by atoms with Gasteiger partial charge < -0.3 is 55.6 Å². The first-order valence-electron chi connectivity index (χ1n) is 25.7. The lowest BCUT2D eigenvalue weighted by Gasteiger charge is -2.40. The minimum atomic E-state index is -1.72. The van der Waals surface area contributed by atoms with E-state index in [0.717, 1.165) is 51.4 Å². The van der Waals surface area contributed by atoms with E-state index >= 15 is 0 Å². The van der Waals surface area contributed by atoms with Gasteiger partial charge in [-0.1, -0.05) is 199 Å². The first kappa shape index (κ1) is 58.8. The second-order valence-electron chi connectivity index (χ2n) is 18.4. The van der Waals surface area contributed by atoms with Crippen LogP contribution in [0.5, 0.6) is 0 Å². The van der Waals surface area contributed by atoms with Crippen molar-refractivity contribution in [3.8, 4) is 0 Å². The number of carbonyl (C=O) groups excluding carboxylic acids is 1. The summed E-state index contributed by atoms with van der Waals surface area (Å²) in [5, 5.41) is 86.5. The van der Waals surface area contributed by atoms with Crippen molar-refractivity contribution in [2.45, 2.75) is 287 Å². The molecule has 9 N–H and O–H groups in total. The van der Waals surface area contributed by atoms with Gasteiger partial charge in [0.25, 0.3) is 0 Å². The fourth-order valence-electron chi connectivity index (χ4n) is 8.34. The van der Waals surface area contributed by atoms with Gasteiger partial charge >= 0.3 is 0 Å². The highest BCUT2D eigenvalue weighted by Crippen LogP contribution is 2.23. The number of allylic oxidation sites excluding steroid dienone is 2. The Balaban J connectivity index is 2.39. The average Bonchev–Trinajstić information content (AvgIpc) is 3.27. The molecule has 1 amide bonds. The molecule has 0 radical (unpaired) electrons. The van der Waals surface area contributed by atoms with E-state index in [2.05, 4.69) is 31.3 Å². The van der Waals surface area contributed by atoms with Crippen molar-refractivity contribution >= 4 is 5.91 Å². The average molecular weight is 888 g/mol. The Morgan fingerprint density at radius 1 is 0.548 bits per heavy atom. The third kappa shape index (κ3) is 28.7. The monoisotopic (exact) mass is 888 g/mol. The van der Waals surface area contributed by atoms with Gasteiger partial charge in [0.05, 0.1) is 25.4 Å². The molecule has 0 bridgehead atoms. The molecule has 1 fully saturated rings. The van der Waals surface area contributed by atoms with Crippen LogP contribution in [0.4, 0.5) is 0 Å². The Bertz CT molecular complexity index is 1030. The van der Waals surface area contributed by atoms with Gasteiger partial charge in [0.2, 0.25) is 5.91 Å². The lowest BCUT2D eigenvalue weighted by molar-refractivity contribution is -0.303. The summed E-state index contributed by atoms with van der Waals surface area (Å²) in [6.45, 7) is 3.25. The van der Waals surface area contributed by atoms with E-state index in [9.17, 15) is 45.6 Å². The molecule has 0 aliphatic carbocycles. The number of rotatable bonds is 43. The number of nitrogens with one attached hydrogen (secondary N) is 1. The molecule has 12 heteroatoms. The maximum atomic E-state index is 13.1. The summed E-state index contributed by atoms with van der Waals surface area (Å²) in [7, 11) is 0. The molecule has 1 rings (SSSR count). The molecule has 368 valence electrons. The van der Waals surface area contributed by atoms with Gasteiger partial charge in [0, 0.05) is 0 Å². The third-order valence-corrected chi connectivity index (χ3v) is 12.7. The number of hydrogen-bond acceptors (Lipinski definition) is 11. The van der Waals surface area contributed by atoms with Crippen LogP contribution in [0.2, 0.25) is 0 Å². The van der Waals surface area contributed by atoms with Gasteiger partial charge in [-0.15, -0.1) is 0 Å². The van der Waals surface area contributed by atoms with Gasteiger partial charge in [-0.3, -0.25) is 4.79 Å². The normalized spacial score (nSPS) is 21.9. The van der Waals surface area contributed by atoms with Crippen LogP contribution in [0, 0.1) is 0 Å². The molecule has 12 nitrogen and oxygen atoms in total. The fraction of sp³-hybridized carbons (Fsp3) is 0.940. The van der Waals surface area contributed by atoms with Crippen molar-refractivity contribution < 1.29 is 55.1 Å². The number of carbonyl (C=O) groups is 1. The molecule has 0 aromatic rings. The van der Waals surface area contributed by atoms with E-state index in [-0.39, 0.29) is 12.8 Å². The smallest absolute Gasteiger partial charge is 0.249 e. The van der Waals surface area contributed by atoms with E-state index in [1.54, 1.807) is 0 Å². The van der Waals surface area contributed by atoms with Crippen LogP contribution in [0.1, 0.15) is 226 Å². The minimum absolute atomic E-state index is 0.194. The van der Waals surface area contributed by atoms with Crippen molar-refractivity contribution in [3.05, 3.63) is 12.2 Å². The number of aliphatic hydroxyl groups is 8. The summed E-state index contributed by atoms with van der Waals surface area (Å²) >= 11 is 0. The van der Waals surface area contributed by atoms with Crippen molar-refractivity contribution in [3.63, 3.8) is 0 Å². The van der Waals surface area contributed by atoms with Crippen molar-refractivity contribution in [2.75, 3.05) is 13.2 Å². The molecule has 1 aliphatic heterocycles. The highest BCUT2D eigenvalue weighted by molar-refractivity contribution is 5.80. The summed E-state index contributed by atoms with van der Waals surface area (Å²) < 4.78 is 11.0. The number of unbranched alkanes of at least 4 members (excludes halogenated alkanes) is 28. The van der Waals surface area contributed by atoms with E-state index in [0.29, 0.717) is 12.8 Å². The molecule has 0 unspecified atom stereocenters. The van der Waals surface area contributed by atoms with Gasteiger partial charge in [-0.2, -0.15) is 0 Å². The third-order valence-electron chi connectivity index (χ3n) is 12.7. The fourth-order valence-corrected chi connectivity index (χ4v) is 8.34. The largest absolute Gasteiger partial charge is 0.394 e. The number of amides is 1. The minimum Gasteiger partial charge on any atom is -0.394 e. The lowest BCUT2D eigenvalue weighted by atomic mass is 9.96. The van der Waals surface area contributed by atoms with Crippen LogP contribution >= 0.6 is 0 Å². The number of ether oxygens (including phenoxy) is 2. The van der Waals surface area contributed by atoms with Crippen LogP contribution < -0.4 is 5.32 Å². The van der Waals surface area contributed by atoms with Gasteiger partial charge in [-0.25, -0.2) is 0 Å². The maximum absolute atomic E-state index is 13.1. The Morgan fingerprint density at radius 3 is 1.42 bits per heavy atom. The van der Waals surface area contributed by atoms with Crippen LogP contribution in [0.25, 0.3) is 0 Å². The van der Waals surface area contributed by atoms with Gasteiger partial charge in [-0.05, 0) is 38.5 Å². The summed E-state index contributed by atoms with van der Waals surface area (Å²) in [4.78, 5) is 13.1. The zero-order valence-electron chi connectivity index (χ0n) is 39.5.